The smallest absolute Gasteiger partial charge is 0.312 e. The third kappa shape index (κ3) is 3.92. The first-order valence-corrected chi connectivity index (χ1v) is 8.09. The number of methoxy groups -OCH3 is 1. The van der Waals surface area contributed by atoms with E-state index in [2.05, 4.69) is 0 Å². The number of nitrogens with zero attached hydrogens (tertiary/aromatic N) is 1. The van der Waals surface area contributed by atoms with E-state index in [0.29, 0.717) is 12.8 Å². The molecule has 1 aliphatic carbocycles. The van der Waals surface area contributed by atoms with Gasteiger partial charge >= 0.3 is 11.9 Å². The molecule has 116 valence electrons. The van der Waals surface area contributed by atoms with Gasteiger partial charge in [0.2, 0.25) is 10.0 Å². The number of rotatable bonds is 7. The summed E-state index contributed by atoms with van der Waals surface area (Å²) in [7, 11) is -1.10. The number of carboxylic acid groups (broad SMARTS) is 1. The standard InChI is InChI=1S/C12H21NO6S/c1-13(8-5-10(14)15)20(17,18)9-12(11(16)19-2)6-3-4-7-12/h3-9H2,1-2H3,(H,14,15). The van der Waals surface area contributed by atoms with Gasteiger partial charge in [-0.15, -0.1) is 0 Å². The van der Waals surface area contributed by atoms with Gasteiger partial charge in [-0.05, 0) is 12.8 Å². The second kappa shape index (κ2) is 6.53. The van der Waals surface area contributed by atoms with Crippen molar-refractivity contribution in [2.75, 3.05) is 26.5 Å². The molecule has 1 aliphatic rings. The lowest BCUT2D eigenvalue weighted by Gasteiger charge is -2.28. The number of carbonyl (C=O) groups is 2. The van der Waals surface area contributed by atoms with Crippen LogP contribution in [-0.2, 0) is 24.3 Å². The summed E-state index contributed by atoms with van der Waals surface area (Å²) < 4.78 is 30.2. The molecule has 0 radical (unpaired) electrons. The molecule has 1 rings (SSSR count). The summed E-state index contributed by atoms with van der Waals surface area (Å²) in [6.45, 7) is -0.102. The average Bonchev–Trinajstić information content (AvgIpc) is 2.83. The van der Waals surface area contributed by atoms with Crippen molar-refractivity contribution in [1.82, 2.24) is 4.31 Å². The summed E-state index contributed by atoms with van der Waals surface area (Å²) in [5, 5.41) is 8.59. The van der Waals surface area contributed by atoms with E-state index < -0.39 is 27.4 Å². The Morgan fingerprint density at radius 3 is 2.30 bits per heavy atom. The first-order chi connectivity index (χ1) is 9.23. The van der Waals surface area contributed by atoms with Gasteiger partial charge in [-0.2, -0.15) is 0 Å². The predicted octanol–water partition coefficient (Wildman–Crippen LogP) is 0.456. The molecule has 0 amide bonds. The Balaban J connectivity index is 2.81. The van der Waals surface area contributed by atoms with E-state index in [9.17, 15) is 18.0 Å². The fourth-order valence-corrected chi connectivity index (χ4v) is 4.22. The molecule has 0 bridgehead atoms. The zero-order valence-corrected chi connectivity index (χ0v) is 12.6. The van der Waals surface area contributed by atoms with E-state index in [0.717, 1.165) is 17.1 Å². The number of ether oxygens (including phenoxy) is 1. The van der Waals surface area contributed by atoms with E-state index in [1.54, 1.807) is 0 Å². The second-order valence-corrected chi connectivity index (χ2v) is 7.28. The zero-order valence-electron chi connectivity index (χ0n) is 11.8. The molecule has 0 aliphatic heterocycles. The lowest BCUT2D eigenvalue weighted by Crippen LogP contribution is -2.42. The fraction of sp³-hybridized carbons (Fsp3) is 0.833. The summed E-state index contributed by atoms with van der Waals surface area (Å²) in [5.74, 6) is -1.87. The van der Waals surface area contributed by atoms with Crippen molar-refractivity contribution in [2.45, 2.75) is 32.1 Å². The van der Waals surface area contributed by atoms with Gasteiger partial charge in [0.25, 0.3) is 0 Å². The molecule has 0 atom stereocenters. The van der Waals surface area contributed by atoms with E-state index in [4.69, 9.17) is 9.84 Å². The topological polar surface area (TPSA) is 101 Å². The van der Waals surface area contributed by atoms with Crippen molar-refractivity contribution in [3.05, 3.63) is 0 Å². The van der Waals surface area contributed by atoms with Crippen molar-refractivity contribution in [3.63, 3.8) is 0 Å². The Labute approximate surface area is 118 Å². The highest BCUT2D eigenvalue weighted by Crippen LogP contribution is 2.40. The summed E-state index contributed by atoms with van der Waals surface area (Å²) in [5.41, 5.74) is -0.981. The third-order valence-corrected chi connectivity index (χ3v) is 5.80. The first kappa shape index (κ1) is 16.9. The van der Waals surface area contributed by atoms with Gasteiger partial charge in [0.05, 0.1) is 24.7 Å². The number of esters is 1. The van der Waals surface area contributed by atoms with Crippen molar-refractivity contribution >= 4 is 22.0 Å². The zero-order chi connectivity index (χ0) is 15.4. The van der Waals surface area contributed by atoms with Crippen molar-refractivity contribution in [1.29, 1.82) is 0 Å². The molecular formula is C12H21NO6S. The summed E-state index contributed by atoms with van der Waals surface area (Å²) >= 11 is 0. The summed E-state index contributed by atoms with van der Waals surface area (Å²) in [6, 6.07) is 0. The van der Waals surface area contributed by atoms with Crippen LogP contribution in [0.5, 0.6) is 0 Å². The molecule has 0 unspecified atom stereocenters. The van der Waals surface area contributed by atoms with Crippen LogP contribution in [0, 0.1) is 5.41 Å². The van der Waals surface area contributed by atoms with E-state index in [1.165, 1.54) is 14.2 Å². The maximum Gasteiger partial charge on any atom is 0.312 e. The van der Waals surface area contributed by atoms with Crippen molar-refractivity contribution in [3.8, 4) is 0 Å². The monoisotopic (exact) mass is 307 g/mol. The molecule has 0 aromatic carbocycles. The SMILES string of the molecule is COC(=O)C1(CS(=O)(=O)N(C)CCC(=O)O)CCCC1. The number of sulfonamides is 1. The van der Waals surface area contributed by atoms with Gasteiger partial charge in [-0.25, -0.2) is 12.7 Å². The summed E-state index contributed by atoms with van der Waals surface area (Å²) in [4.78, 5) is 22.4. The maximum atomic E-state index is 12.2. The molecule has 0 aromatic rings. The number of carboxylic acids is 1. The second-order valence-electron chi connectivity index (χ2n) is 5.20. The molecule has 1 saturated carbocycles. The molecule has 0 saturated heterocycles. The lowest BCUT2D eigenvalue weighted by molar-refractivity contribution is -0.151. The van der Waals surface area contributed by atoms with Crippen LogP contribution in [0.15, 0.2) is 0 Å². The highest BCUT2D eigenvalue weighted by atomic mass is 32.2. The third-order valence-electron chi connectivity index (χ3n) is 3.75. The highest BCUT2D eigenvalue weighted by molar-refractivity contribution is 7.89. The molecule has 0 heterocycles. The minimum atomic E-state index is -3.68. The molecule has 1 N–H and O–H groups in total. The predicted molar refractivity (Wildman–Crippen MR) is 71.6 cm³/mol. The Bertz CT molecular complexity index is 466. The Kier molecular flexibility index (Phi) is 5.52. The Hall–Kier alpha value is -1.15. The number of hydrogen-bond acceptors (Lipinski definition) is 5. The van der Waals surface area contributed by atoms with Crippen LogP contribution in [0.2, 0.25) is 0 Å². The molecule has 8 heteroatoms. The lowest BCUT2D eigenvalue weighted by atomic mass is 9.89. The van der Waals surface area contributed by atoms with E-state index in [-0.39, 0.29) is 18.7 Å². The van der Waals surface area contributed by atoms with Crippen LogP contribution < -0.4 is 0 Å². The van der Waals surface area contributed by atoms with Crippen LogP contribution in [0.25, 0.3) is 0 Å². The van der Waals surface area contributed by atoms with Gasteiger partial charge < -0.3 is 9.84 Å². The van der Waals surface area contributed by atoms with Crippen molar-refractivity contribution < 1.29 is 27.9 Å². The number of carbonyl (C=O) groups excluding carboxylic acids is 1. The Morgan fingerprint density at radius 1 is 1.30 bits per heavy atom. The molecule has 1 fully saturated rings. The normalized spacial score (nSPS) is 18.1. The molecule has 0 spiro atoms. The largest absolute Gasteiger partial charge is 0.481 e. The molecule has 20 heavy (non-hydrogen) atoms. The minimum Gasteiger partial charge on any atom is -0.481 e. The van der Waals surface area contributed by atoms with Crippen LogP contribution in [0.3, 0.4) is 0 Å². The van der Waals surface area contributed by atoms with Gasteiger partial charge in [-0.1, -0.05) is 12.8 Å². The highest BCUT2D eigenvalue weighted by Gasteiger charge is 2.46. The minimum absolute atomic E-state index is 0.102. The molecular weight excluding hydrogens is 286 g/mol. The molecule has 0 aromatic heterocycles. The maximum absolute atomic E-state index is 12.2. The van der Waals surface area contributed by atoms with E-state index >= 15 is 0 Å². The van der Waals surface area contributed by atoms with Gasteiger partial charge in [0.15, 0.2) is 0 Å². The van der Waals surface area contributed by atoms with E-state index in [1.807, 2.05) is 0 Å². The quantitative estimate of drug-likeness (QED) is 0.686. The van der Waals surface area contributed by atoms with Gasteiger partial charge in [0.1, 0.15) is 0 Å². The van der Waals surface area contributed by atoms with Crippen LogP contribution in [0.1, 0.15) is 32.1 Å². The fourth-order valence-electron chi connectivity index (χ4n) is 2.53. The van der Waals surface area contributed by atoms with Gasteiger partial charge in [-0.3, -0.25) is 9.59 Å². The van der Waals surface area contributed by atoms with Crippen LogP contribution in [0.4, 0.5) is 0 Å². The first-order valence-electron chi connectivity index (χ1n) is 6.48. The number of hydrogen-bond donors (Lipinski definition) is 1. The molecule has 7 nitrogen and oxygen atoms in total. The van der Waals surface area contributed by atoms with Crippen LogP contribution >= 0.6 is 0 Å². The average molecular weight is 307 g/mol. The van der Waals surface area contributed by atoms with Gasteiger partial charge in [0, 0.05) is 13.6 Å². The Morgan fingerprint density at radius 2 is 1.85 bits per heavy atom. The summed E-state index contributed by atoms with van der Waals surface area (Å²) in [6.07, 6.45) is 2.31. The van der Waals surface area contributed by atoms with Crippen molar-refractivity contribution in [2.24, 2.45) is 5.41 Å². The number of aliphatic carboxylic acids is 1. The van der Waals surface area contributed by atoms with Crippen LogP contribution in [-0.4, -0.2) is 56.2 Å².